The first kappa shape index (κ1) is 17.5. The first-order valence-corrected chi connectivity index (χ1v) is 7.60. The van der Waals surface area contributed by atoms with Gasteiger partial charge in [0.25, 0.3) is 11.6 Å². The van der Waals surface area contributed by atoms with Gasteiger partial charge in [-0.3, -0.25) is 14.9 Å². The minimum absolute atomic E-state index is 0.0184. The van der Waals surface area contributed by atoms with E-state index in [1.165, 1.54) is 35.4 Å². The summed E-state index contributed by atoms with van der Waals surface area (Å²) in [7, 11) is 0. The number of amides is 1. The molecule has 2 aromatic carbocycles. The second-order valence-electron chi connectivity index (χ2n) is 5.67. The number of nitro benzene ring substituents is 1. The molecular formula is C18H20N2O4. The summed E-state index contributed by atoms with van der Waals surface area (Å²) in [4.78, 5) is 22.1. The van der Waals surface area contributed by atoms with Crippen molar-refractivity contribution in [3.05, 3.63) is 69.3 Å². The summed E-state index contributed by atoms with van der Waals surface area (Å²) in [5.41, 5.74) is 3.39. The molecule has 126 valence electrons. The van der Waals surface area contributed by atoms with Crippen molar-refractivity contribution in [1.29, 1.82) is 0 Å². The van der Waals surface area contributed by atoms with Crippen molar-refractivity contribution < 1.29 is 14.5 Å². The number of rotatable bonds is 6. The van der Waals surface area contributed by atoms with E-state index >= 15 is 0 Å². The highest BCUT2D eigenvalue weighted by Crippen LogP contribution is 2.18. The van der Waals surface area contributed by atoms with Crippen LogP contribution in [0.15, 0.2) is 42.5 Å². The molecule has 2 rings (SSSR count). The van der Waals surface area contributed by atoms with Crippen LogP contribution in [0.4, 0.5) is 5.69 Å². The maximum atomic E-state index is 12.0. The van der Waals surface area contributed by atoms with E-state index in [9.17, 15) is 14.9 Å². The minimum Gasteiger partial charge on any atom is -0.484 e. The molecule has 6 nitrogen and oxygen atoms in total. The number of benzene rings is 2. The lowest BCUT2D eigenvalue weighted by Gasteiger charge is -2.16. The number of hydrogen-bond donors (Lipinski definition) is 1. The Morgan fingerprint density at radius 3 is 2.42 bits per heavy atom. The van der Waals surface area contributed by atoms with Crippen molar-refractivity contribution in [1.82, 2.24) is 5.32 Å². The van der Waals surface area contributed by atoms with E-state index in [4.69, 9.17) is 4.74 Å². The zero-order valence-electron chi connectivity index (χ0n) is 13.9. The molecule has 1 atom stereocenters. The topological polar surface area (TPSA) is 81.5 Å². The molecule has 1 N–H and O–H groups in total. The highest BCUT2D eigenvalue weighted by atomic mass is 16.6. The van der Waals surface area contributed by atoms with E-state index in [2.05, 4.69) is 11.4 Å². The van der Waals surface area contributed by atoms with Crippen molar-refractivity contribution in [3.63, 3.8) is 0 Å². The molecular weight excluding hydrogens is 308 g/mol. The van der Waals surface area contributed by atoms with E-state index in [0.29, 0.717) is 5.75 Å². The standard InChI is InChI=1S/C18H20N2O4/c1-12-4-5-15(10-13(12)2)14(3)19-18(21)11-24-17-8-6-16(7-9-17)20(22)23/h4-10,14H,11H2,1-3H3,(H,19,21). The number of ether oxygens (including phenoxy) is 1. The summed E-state index contributed by atoms with van der Waals surface area (Å²) in [5, 5.41) is 13.5. The molecule has 0 aliphatic rings. The first-order valence-electron chi connectivity index (χ1n) is 7.60. The number of carbonyl (C=O) groups excluding carboxylic acids is 1. The van der Waals surface area contributed by atoms with Crippen molar-refractivity contribution in [2.24, 2.45) is 0 Å². The van der Waals surface area contributed by atoms with E-state index < -0.39 is 4.92 Å². The van der Waals surface area contributed by atoms with Crippen LogP contribution in [0.5, 0.6) is 5.75 Å². The molecule has 24 heavy (non-hydrogen) atoms. The maximum absolute atomic E-state index is 12.0. The van der Waals surface area contributed by atoms with Crippen LogP contribution in [0.1, 0.15) is 29.7 Å². The molecule has 0 saturated carbocycles. The van der Waals surface area contributed by atoms with Gasteiger partial charge in [-0.25, -0.2) is 0 Å². The third-order valence-electron chi connectivity index (χ3n) is 3.83. The molecule has 0 spiro atoms. The molecule has 0 aliphatic heterocycles. The van der Waals surface area contributed by atoms with Crippen LogP contribution in [-0.2, 0) is 4.79 Å². The molecule has 1 unspecified atom stereocenters. The van der Waals surface area contributed by atoms with Gasteiger partial charge in [0.1, 0.15) is 5.75 Å². The molecule has 1 amide bonds. The molecule has 2 aromatic rings. The number of nitro groups is 1. The maximum Gasteiger partial charge on any atom is 0.269 e. The molecule has 6 heteroatoms. The van der Waals surface area contributed by atoms with Gasteiger partial charge in [0.2, 0.25) is 0 Å². The number of nitrogens with one attached hydrogen (secondary N) is 1. The van der Waals surface area contributed by atoms with Crippen LogP contribution >= 0.6 is 0 Å². The number of carbonyl (C=O) groups is 1. The van der Waals surface area contributed by atoms with Gasteiger partial charge in [-0.05, 0) is 49.6 Å². The summed E-state index contributed by atoms with van der Waals surface area (Å²) in [5.74, 6) is 0.161. The van der Waals surface area contributed by atoms with Gasteiger partial charge in [0.15, 0.2) is 6.61 Å². The van der Waals surface area contributed by atoms with E-state index in [0.717, 1.165) is 5.56 Å². The van der Waals surface area contributed by atoms with Gasteiger partial charge in [-0.1, -0.05) is 18.2 Å². The fourth-order valence-corrected chi connectivity index (χ4v) is 2.21. The van der Waals surface area contributed by atoms with Crippen LogP contribution in [0.2, 0.25) is 0 Å². The zero-order valence-corrected chi connectivity index (χ0v) is 13.9. The van der Waals surface area contributed by atoms with Gasteiger partial charge in [-0.2, -0.15) is 0 Å². The Labute approximate surface area is 140 Å². The minimum atomic E-state index is -0.484. The fourth-order valence-electron chi connectivity index (χ4n) is 2.21. The molecule has 0 aromatic heterocycles. The first-order chi connectivity index (χ1) is 11.4. The summed E-state index contributed by atoms with van der Waals surface area (Å²) < 4.78 is 5.35. The number of non-ortho nitro benzene ring substituents is 1. The third-order valence-corrected chi connectivity index (χ3v) is 3.83. The third kappa shape index (κ3) is 4.55. The Balaban J connectivity index is 1.88. The number of nitrogens with zero attached hydrogens (tertiary/aromatic N) is 1. The predicted molar refractivity (Wildman–Crippen MR) is 91.1 cm³/mol. The smallest absolute Gasteiger partial charge is 0.269 e. The monoisotopic (exact) mass is 328 g/mol. The Morgan fingerprint density at radius 1 is 1.17 bits per heavy atom. The van der Waals surface area contributed by atoms with Crippen LogP contribution < -0.4 is 10.1 Å². The van der Waals surface area contributed by atoms with Crippen molar-refractivity contribution in [2.45, 2.75) is 26.8 Å². The zero-order chi connectivity index (χ0) is 17.7. The number of aryl methyl sites for hydroxylation is 2. The van der Waals surface area contributed by atoms with Crippen molar-refractivity contribution >= 4 is 11.6 Å². The lowest BCUT2D eigenvalue weighted by atomic mass is 10.0. The predicted octanol–water partition coefficient (Wildman–Crippen LogP) is 3.47. The SMILES string of the molecule is Cc1ccc(C(C)NC(=O)COc2ccc([N+](=O)[O-])cc2)cc1C. The lowest BCUT2D eigenvalue weighted by Crippen LogP contribution is -2.31. The molecule has 0 radical (unpaired) electrons. The van der Waals surface area contributed by atoms with Gasteiger partial charge in [-0.15, -0.1) is 0 Å². The van der Waals surface area contributed by atoms with Gasteiger partial charge in [0, 0.05) is 12.1 Å². The van der Waals surface area contributed by atoms with E-state index in [1.54, 1.807) is 0 Å². The van der Waals surface area contributed by atoms with Crippen LogP contribution in [-0.4, -0.2) is 17.4 Å². The van der Waals surface area contributed by atoms with E-state index in [1.807, 2.05) is 32.9 Å². The molecule has 0 aliphatic carbocycles. The van der Waals surface area contributed by atoms with Gasteiger partial charge >= 0.3 is 0 Å². The van der Waals surface area contributed by atoms with Gasteiger partial charge in [0.05, 0.1) is 11.0 Å². The highest BCUT2D eigenvalue weighted by molar-refractivity contribution is 5.78. The second kappa shape index (κ2) is 7.59. The Morgan fingerprint density at radius 2 is 1.83 bits per heavy atom. The summed E-state index contributed by atoms with van der Waals surface area (Å²) >= 11 is 0. The van der Waals surface area contributed by atoms with Gasteiger partial charge < -0.3 is 10.1 Å². The number of hydrogen-bond acceptors (Lipinski definition) is 4. The van der Waals surface area contributed by atoms with Crippen LogP contribution in [0.25, 0.3) is 0 Å². The van der Waals surface area contributed by atoms with Crippen LogP contribution in [0, 0.1) is 24.0 Å². The normalized spacial score (nSPS) is 11.6. The second-order valence-corrected chi connectivity index (χ2v) is 5.67. The highest BCUT2D eigenvalue weighted by Gasteiger charge is 2.11. The van der Waals surface area contributed by atoms with Crippen LogP contribution in [0.3, 0.4) is 0 Å². The molecule has 0 bridgehead atoms. The van der Waals surface area contributed by atoms with Crippen molar-refractivity contribution in [2.75, 3.05) is 6.61 Å². The Hall–Kier alpha value is -2.89. The average Bonchev–Trinajstić information content (AvgIpc) is 2.55. The molecule has 0 heterocycles. The quantitative estimate of drug-likeness (QED) is 0.650. The Bertz CT molecular complexity index is 741. The molecule has 0 saturated heterocycles. The fraction of sp³-hybridized carbons (Fsp3) is 0.278. The summed E-state index contributed by atoms with van der Waals surface area (Å²) in [6, 6.07) is 11.6. The summed E-state index contributed by atoms with van der Waals surface area (Å²) in [6.07, 6.45) is 0. The van der Waals surface area contributed by atoms with E-state index in [-0.39, 0.29) is 24.2 Å². The Kier molecular flexibility index (Phi) is 5.52. The lowest BCUT2D eigenvalue weighted by molar-refractivity contribution is -0.384. The largest absolute Gasteiger partial charge is 0.484 e. The average molecular weight is 328 g/mol. The van der Waals surface area contributed by atoms with Crippen molar-refractivity contribution in [3.8, 4) is 5.75 Å². The summed E-state index contributed by atoms with van der Waals surface area (Å²) in [6.45, 7) is 5.84. The molecule has 0 fully saturated rings.